The highest BCUT2D eigenvalue weighted by Gasteiger charge is 2.22. The summed E-state index contributed by atoms with van der Waals surface area (Å²) in [6.07, 6.45) is 2.61. The van der Waals surface area contributed by atoms with Crippen molar-refractivity contribution in [1.29, 1.82) is 0 Å². The fourth-order valence-corrected chi connectivity index (χ4v) is 2.58. The Morgan fingerprint density at radius 3 is 2.73 bits per heavy atom. The molecular weight excluding hydrogens is 186 g/mol. The van der Waals surface area contributed by atoms with Gasteiger partial charge in [-0.1, -0.05) is 6.92 Å². The maximum atomic E-state index is 3.28. The van der Waals surface area contributed by atoms with E-state index in [1.807, 2.05) is 7.05 Å². The van der Waals surface area contributed by atoms with Crippen LogP contribution in [0.25, 0.3) is 0 Å². The minimum atomic E-state index is 0.695. The predicted molar refractivity (Wildman–Crippen MR) is 66.2 cm³/mol. The van der Waals surface area contributed by atoms with Crippen LogP contribution in [0.4, 0.5) is 0 Å². The van der Waals surface area contributed by atoms with Crippen LogP contribution in [0.3, 0.4) is 0 Å². The third-order valence-corrected chi connectivity index (χ3v) is 3.57. The lowest BCUT2D eigenvalue weighted by Crippen LogP contribution is -2.41. The van der Waals surface area contributed by atoms with Crippen LogP contribution in [0.1, 0.15) is 19.8 Å². The topological polar surface area (TPSA) is 18.5 Å². The third-order valence-electron chi connectivity index (χ3n) is 3.57. The molecule has 0 aliphatic carbocycles. The van der Waals surface area contributed by atoms with Crippen molar-refractivity contribution in [3.8, 4) is 0 Å². The summed E-state index contributed by atoms with van der Waals surface area (Å²) in [5, 5.41) is 3.28. The van der Waals surface area contributed by atoms with E-state index in [0.29, 0.717) is 6.04 Å². The van der Waals surface area contributed by atoms with Gasteiger partial charge in [0.15, 0.2) is 0 Å². The second-order valence-corrected chi connectivity index (χ2v) is 4.98. The summed E-state index contributed by atoms with van der Waals surface area (Å²) in [6.45, 7) is 7.20. The van der Waals surface area contributed by atoms with Crippen molar-refractivity contribution in [2.75, 3.05) is 47.3 Å². The van der Waals surface area contributed by atoms with Gasteiger partial charge in [0, 0.05) is 25.7 Å². The molecule has 15 heavy (non-hydrogen) atoms. The Kier molecular flexibility index (Phi) is 5.58. The number of rotatable bonds is 6. The van der Waals surface area contributed by atoms with Crippen molar-refractivity contribution >= 4 is 0 Å². The maximum Gasteiger partial charge on any atom is 0.0214 e. The second kappa shape index (κ2) is 6.46. The van der Waals surface area contributed by atoms with E-state index in [2.05, 4.69) is 36.1 Å². The molecule has 2 atom stereocenters. The Labute approximate surface area is 94.8 Å². The summed E-state index contributed by atoms with van der Waals surface area (Å²) in [5.41, 5.74) is 0. The molecule has 0 aromatic rings. The van der Waals surface area contributed by atoms with Gasteiger partial charge in [-0.3, -0.25) is 0 Å². The van der Waals surface area contributed by atoms with Gasteiger partial charge in [0.2, 0.25) is 0 Å². The number of likely N-dealkylation sites (N-methyl/N-ethyl adjacent to an activating group) is 2. The normalized spacial score (nSPS) is 25.0. The van der Waals surface area contributed by atoms with Crippen LogP contribution in [0.15, 0.2) is 0 Å². The van der Waals surface area contributed by atoms with Crippen molar-refractivity contribution in [3.63, 3.8) is 0 Å². The number of nitrogens with one attached hydrogen (secondary N) is 1. The van der Waals surface area contributed by atoms with E-state index in [1.165, 1.54) is 32.5 Å². The Hall–Kier alpha value is -0.120. The zero-order valence-electron chi connectivity index (χ0n) is 10.8. The first kappa shape index (κ1) is 12.9. The minimum absolute atomic E-state index is 0.695. The van der Waals surface area contributed by atoms with E-state index in [0.717, 1.165) is 12.5 Å². The van der Waals surface area contributed by atoms with E-state index < -0.39 is 0 Å². The number of likely N-dealkylation sites (tertiary alicyclic amines) is 1. The second-order valence-electron chi connectivity index (χ2n) is 4.98. The summed E-state index contributed by atoms with van der Waals surface area (Å²) in [7, 11) is 6.54. The molecule has 0 spiro atoms. The van der Waals surface area contributed by atoms with Crippen molar-refractivity contribution in [2.45, 2.75) is 25.8 Å². The van der Waals surface area contributed by atoms with Gasteiger partial charge < -0.3 is 15.1 Å². The number of hydrogen-bond acceptors (Lipinski definition) is 3. The third kappa shape index (κ3) is 4.09. The lowest BCUT2D eigenvalue weighted by molar-refractivity contribution is 0.199. The first-order valence-corrected chi connectivity index (χ1v) is 6.20. The van der Waals surface area contributed by atoms with Crippen LogP contribution < -0.4 is 5.32 Å². The molecule has 1 aliphatic rings. The number of nitrogens with zero attached hydrogens (tertiary/aromatic N) is 2. The summed E-state index contributed by atoms with van der Waals surface area (Å²) in [4.78, 5) is 4.97. The van der Waals surface area contributed by atoms with E-state index in [1.54, 1.807) is 0 Å². The summed E-state index contributed by atoms with van der Waals surface area (Å²) < 4.78 is 0. The first-order valence-electron chi connectivity index (χ1n) is 6.20. The fourth-order valence-electron chi connectivity index (χ4n) is 2.58. The Morgan fingerprint density at radius 2 is 2.27 bits per heavy atom. The smallest absolute Gasteiger partial charge is 0.0214 e. The van der Waals surface area contributed by atoms with Gasteiger partial charge >= 0.3 is 0 Å². The molecule has 1 aliphatic heterocycles. The average molecular weight is 213 g/mol. The highest BCUT2D eigenvalue weighted by atomic mass is 15.2. The average Bonchev–Trinajstić information content (AvgIpc) is 2.60. The summed E-state index contributed by atoms with van der Waals surface area (Å²) in [6, 6.07) is 0.695. The summed E-state index contributed by atoms with van der Waals surface area (Å²) >= 11 is 0. The molecule has 3 nitrogen and oxygen atoms in total. The van der Waals surface area contributed by atoms with Gasteiger partial charge in [-0.05, 0) is 46.4 Å². The zero-order valence-corrected chi connectivity index (χ0v) is 10.8. The standard InChI is InChI=1S/C12H27N3/c1-5-12(8-13-2)15(4)10-11-6-7-14(3)9-11/h11-13H,5-10H2,1-4H3. The van der Waals surface area contributed by atoms with Crippen LogP contribution in [0.2, 0.25) is 0 Å². The highest BCUT2D eigenvalue weighted by Crippen LogP contribution is 2.16. The molecule has 0 amide bonds. The van der Waals surface area contributed by atoms with Gasteiger partial charge in [0.25, 0.3) is 0 Å². The summed E-state index contributed by atoms with van der Waals surface area (Å²) in [5.74, 6) is 0.880. The molecule has 0 aromatic carbocycles. The van der Waals surface area contributed by atoms with Gasteiger partial charge in [-0.15, -0.1) is 0 Å². The molecule has 1 N–H and O–H groups in total. The zero-order chi connectivity index (χ0) is 11.3. The molecule has 90 valence electrons. The van der Waals surface area contributed by atoms with Crippen LogP contribution in [-0.4, -0.2) is 63.2 Å². The van der Waals surface area contributed by atoms with E-state index in [9.17, 15) is 0 Å². The predicted octanol–water partition coefficient (Wildman–Crippen LogP) is 0.868. The van der Waals surface area contributed by atoms with E-state index in [4.69, 9.17) is 0 Å². The molecular formula is C12H27N3. The maximum absolute atomic E-state index is 3.28. The van der Waals surface area contributed by atoms with Crippen molar-refractivity contribution in [1.82, 2.24) is 15.1 Å². The van der Waals surface area contributed by atoms with Crippen molar-refractivity contribution in [3.05, 3.63) is 0 Å². The minimum Gasteiger partial charge on any atom is -0.318 e. The lowest BCUT2D eigenvalue weighted by Gasteiger charge is -2.29. The molecule has 0 aromatic heterocycles. The van der Waals surface area contributed by atoms with Gasteiger partial charge in [-0.25, -0.2) is 0 Å². The van der Waals surface area contributed by atoms with Crippen LogP contribution in [0, 0.1) is 5.92 Å². The van der Waals surface area contributed by atoms with Crippen LogP contribution in [-0.2, 0) is 0 Å². The van der Waals surface area contributed by atoms with Gasteiger partial charge in [-0.2, -0.15) is 0 Å². The molecule has 1 rings (SSSR count). The quantitative estimate of drug-likeness (QED) is 0.706. The Bertz CT molecular complexity index is 172. The molecule has 1 fully saturated rings. The molecule has 1 saturated heterocycles. The monoisotopic (exact) mass is 213 g/mol. The molecule has 1 heterocycles. The van der Waals surface area contributed by atoms with Crippen LogP contribution in [0.5, 0.6) is 0 Å². The van der Waals surface area contributed by atoms with Crippen molar-refractivity contribution in [2.24, 2.45) is 5.92 Å². The molecule has 0 bridgehead atoms. The molecule has 0 saturated carbocycles. The number of hydrogen-bond donors (Lipinski definition) is 1. The molecule has 2 unspecified atom stereocenters. The van der Waals surface area contributed by atoms with Crippen molar-refractivity contribution < 1.29 is 0 Å². The van der Waals surface area contributed by atoms with Crippen LogP contribution >= 0.6 is 0 Å². The lowest BCUT2D eigenvalue weighted by atomic mass is 10.1. The van der Waals surface area contributed by atoms with E-state index in [-0.39, 0.29) is 0 Å². The Balaban J connectivity index is 2.29. The molecule has 0 radical (unpaired) electrons. The van der Waals surface area contributed by atoms with Gasteiger partial charge in [0.1, 0.15) is 0 Å². The SMILES string of the molecule is CCC(CNC)N(C)CC1CCN(C)C1. The fraction of sp³-hybridized carbons (Fsp3) is 1.00. The van der Waals surface area contributed by atoms with Gasteiger partial charge in [0.05, 0.1) is 0 Å². The molecule has 3 heteroatoms. The first-order chi connectivity index (χ1) is 7.17. The Morgan fingerprint density at radius 1 is 1.53 bits per heavy atom. The van der Waals surface area contributed by atoms with E-state index >= 15 is 0 Å². The largest absolute Gasteiger partial charge is 0.318 e. The highest BCUT2D eigenvalue weighted by molar-refractivity contribution is 4.78.